The summed E-state index contributed by atoms with van der Waals surface area (Å²) in [4.78, 5) is 33.1. The van der Waals surface area contributed by atoms with Gasteiger partial charge in [-0.25, -0.2) is 13.9 Å². The van der Waals surface area contributed by atoms with Crippen molar-refractivity contribution in [1.29, 1.82) is 0 Å². The van der Waals surface area contributed by atoms with E-state index in [0.29, 0.717) is 11.6 Å². The first-order valence-electron chi connectivity index (χ1n) is 13.8. The lowest BCUT2D eigenvalue weighted by Crippen LogP contribution is -2.22. The van der Waals surface area contributed by atoms with Crippen molar-refractivity contribution in [2.45, 2.75) is 40.0 Å². The molecule has 0 saturated carbocycles. The molecule has 0 aliphatic heterocycles. The Balaban J connectivity index is 0.00000207. The Hall–Kier alpha value is -5.32. The van der Waals surface area contributed by atoms with Crippen molar-refractivity contribution in [2.75, 3.05) is 17.7 Å². The summed E-state index contributed by atoms with van der Waals surface area (Å²) in [5.41, 5.74) is 2.17. The zero-order valence-electron chi connectivity index (χ0n) is 24.9. The summed E-state index contributed by atoms with van der Waals surface area (Å²) in [6.07, 6.45) is 3.15. The normalized spacial score (nSPS) is 10.9. The summed E-state index contributed by atoms with van der Waals surface area (Å²) in [7, 11) is 1.49. The van der Waals surface area contributed by atoms with Crippen molar-refractivity contribution in [2.24, 2.45) is 0 Å². The fourth-order valence-electron chi connectivity index (χ4n) is 4.02. The number of rotatable bonds is 6. The molecule has 0 radical (unpaired) electrons. The van der Waals surface area contributed by atoms with Gasteiger partial charge in [-0.1, -0.05) is 40.7 Å². The molecular weight excluding hydrogens is 549 g/mol. The average Bonchev–Trinajstić information content (AvgIpc) is 3.43. The summed E-state index contributed by atoms with van der Waals surface area (Å²) in [6, 6.07) is 17.7. The molecule has 0 saturated heterocycles. The minimum Gasteiger partial charge on any atom is -0.457 e. The molecule has 3 N–H and O–H groups in total. The first-order chi connectivity index (χ1) is 20.6. The van der Waals surface area contributed by atoms with Crippen LogP contribution in [0, 0.1) is 5.82 Å². The maximum Gasteiger partial charge on any atom is 0.324 e. The standard InChI is InChI=1S/C30H28FN7O3.C2H6/c1-30(2,3)26-17-27(38(37-26)19-7-9-23-18(14-19)6-5-12-33-23)36-29(40)35-24-10-8-20(15-22(24)31)41-21-11-13-34-25(16-21)28(39)32-4;1-2/h5-17H,1-4H3,(H,32,39)(H2,35,36,40);1-2H3. The van der Waals surface area contributed by atoms with E-state index < -0.39 is 11.8 Å². The third kappa shape index (κ3) is 7.31. The highest BCUT2D eigenvalue weighted by Crippen LogP contribution is 2.29. The van der Waals surface area contributed by atoms with Crippen LogP contribution >= 0.6 is 0 Å². The predicted octanol–water partition coefficient (Wildman–Crippen LogP) is 7.07. The van der Waals surface area contributed by atoms with Gasteiger partial charge in [-0.15, -0.1) is 0 Å². The average molecular weight is 584 g/mol. The van der Waals surface area contributed by atoms with Gasteiger partial charge in [0.2, 0.25) is 0 Å². The quantitative estimate of drug-likeness (QED) is 0.196. The molecule has 43 heavy (non-hydrogen) atoms. The number of benzene rings is 2. The number of carbonyl (C=O) groups is 2. The minimum atomic E-state index is -0.704. The van der Waals surface area contributed by atoms with Crippen molar-refractivity contribution >= 4 is 34.3 Å². The molecule has 0 unspecified atom stereocenters. The Labute approximate surface area is 249 Å². The molecule has 0 fully saturated rings. The van der Waals surface area contributed by atoms with Crippen LogP contribution in [0.4, 0.5) is 20.7 Å². The highest BCUT2D eigenvalue weighted by atomic mass is 19.1. The molecule has 0 spiro atoms. The third-order valence-electron chi connectivity index (χ3n) is 6.17. The van der Waals surface area contributed by atoms with E-state index in [2.05, 4.69) is 25.9 Å². The number of nitrogens with one attached hydrogen (secondary N) is 3. The SMILES string of the molecule is CC.CNC(=O)c1cc(Oc2ccc(NC(=O)Nc3cc(C(C)(C)C)nn3-c3ccc4ncccc4c3)c(F)c2)ccn1. The number of hydrogen-bond acceptors (Lipinski definition) is 6. The van der Waals surface area contributed by atoms with E-state index >= 15 is 0 Å². The number of pyridine rings is 2. The first-order valence-corrected chi connectivity index (χ1v) is 13.8. The van der Waals surface area contributed by atoms with Crippen molar-refractivity contribution in [3.63, 3.8) is 0 Å². The van der Waals surface area contributed by atoms with Crippen molar-refractivity contribution in [3.8, 4) is 17.2 Å². The summed E-state index contributed by atoms with van der Waals surface area (Å²) in [5, 5.41) is 13.5. The number of urea groups is 1. The lowest BCUT2D eigenvalue weighted by atomic mass is 9.92. The van der Waals surface area contributed by atoms with Gasteiger partial charge in [0.1, 0.15) is 28.8 Å². The highest BCUT2D eigenvalue weighted by molar-refractivity contribution is 5.99. The summed E-state index contributed by atoms with van der Waals surface area (Å²) < 4.78 is 22.3. The monoisotopic (exact) mass is 583 g/mol. The number of halogens is 1. The molecule has 2 aromatic carbocycles. The van der Waals surface area contributed by atoms with Gasteiger partial charge in [-0.05, 0) is 42.5 Å². The molecule has 5 rings (SSSR count). The number of anilines is 2. The summed E-state index contributed by atoms with van der Waals surface area (Å²) >= 11 is 0. The fourth-order valence-corrected chi connectivity index (χ4v) is 4.02. The van der Waals surface area contributed by atoms with Crippen LogP contribution in [0.5, 0.6) is 11.5 Å². The van der Waals surface area contributed by atoms with Gasteiger partial charge in [0.15, 0.2) is 0 Å². The van der Waals surface area contributed by atoms with E-state index in [4.69, 9.17) is 9.84 Å². The molecular formula is C32H34FN7O3. The van der Waals surface area contributed by atoms with E-state index in [1.54, 1.807) is 23.0 Å². The maximum atomic E-state index is 14.9. The molecule has 3 amide bonds. The van der Waals surface area contributed by atoms with Gasteiger partial charge < -0.3 is 15.4 Å². The molecule has 0 aliphatic carbocycles. The third-order valence-corrected chi connectivity index (χ3v) is 6.17. The molecule has 222 valence electrons. The number of amides is 3. The van der Waals surface area contributed by atoms with Crippen LogP contribution in [0.3, 0.4) is 0 Å². The number of aromatic nitrogens is 4. The first kappa shape index (κ1) is 30.6. The Kier molecular flexibility index (Phi) is 9.34. The minimum absolute atomic E-state index is 0.0467. The largest absolute Gasteiger partial charge is 0.457 e. The number of ether oxygens (including phenoxy) is 1. The zero-order chi connectivity index (χ0) is 31.1. The second-order valence-corrected chi connectivity index (χ2v) is 10.2. The van der Waals surface area contributed by atoms with Crippen molar-refractivity contribution in [1.82, 2.24) is 25.1 Å². The van der Waals surface area contributed by atoms with Crippen LogP contribution in [0.15, 0.2) is 79.1 Å². The second-order valence-electron chi connectivity index (χ2n) is 10.2. The van der Waals surface area contributed by atoms with E-state index in [9.17, 15) is 14.0 Å². The molecule has 5 aromatic rings. The topological polar surface area (TPSA) is 123 Å². The molecule has 0 bridgehead atoms. The fraction of sp³-hybridized carbons (Fsp3) is 0.219. The maximum absolute atomic E-state index is 14.9. The van der Waals surface area contributed by atoms with Gasteiger partial charge in [-0.3, -0.25) is 20.1 Å². The second kappa shape index (κ2) is 13.1. The number of hydrogen-bond donors (Lipinski definition) is 3. The lowest BCUT2D eigenvalue weighted by molar-refractivity contribution is 0.0957. The summed E-state index contributed by atoms with van der Waals surface area (Å²) in [6.45, 7) is 10.1. The Morgan fingerprint density at radius 3 is 2.37 bits per heavy atom. The predicted molar refractivity (Wildman–Crippen MR) is 166 cm³/mol. The number of carbonyl (C=O) groups excluding carboxylic acids is 2. The van der Waals surface area contributed by atoms with Crippen LogP contribution in [-0.4, -0.2) is 38.7 Å². The van der Waals surface area contributed by atoms with E-state index in [1.165, 1.54) is 31.4 Å². The number of nitrogens with zero attached hydrogens (tertiary/aromatic N) is 4. The van der Waals surface area contributed by atoms with Gasteiger partial charge in [0, 0.05) is 48.4 Å². The molecule has 0 atom stereocenters. The van der Waals surface area contributed by atoms with Gasteiger partial charge in [-0.2, -0.15) is 5.10 Å². The lowest BCUT2D eigenvalue weighted by Gasteiger charge is -2.14. The van der Waals surface area contributed by atoms with Crippen LogP contribution in [0.1, 0.15) is 50.8 Å². The van der Waals surface area contributed by atoms with Gasteiger partial charge in [0.25, 0.3) is 5.91 Å². The Morgan fingerprint density at radius 1 is 0.884 bits per heavy atom. The van der Waals surface area contributed by atoms with E-state index in [1.807, 2.05) is 65.0 Å². The van der Waals surface area contributed by atoms with Crippen LogP contribution in [-0.2, 0) is 5.41 Å². The number of fused-ring (bicyclic) bond motifs is 1. The van der Waals surface area contributed by atoms with Gasteiger partial charge >= 0.3 is 6.03 Å². The molecule has 3 heterocycles. The molecule has 3 aromatic heterocycles. The van der Waals surface area contributed by atoms with Crippen LogP contribution < -0.4 is 20.7 Å². The Morgan fingerprint density at radius 2 is 1.65 bits per heavy atom. The van der Waals surface area contributed by atoms with Crippen molar-refractivity contribution < 1.29 is 18.7 Å². The molecule has 11 heteroatoms. The van der Waals surface area contributed by atoms with Gasteiger partial charge in [0.05, 0.1) is 22.6 Å². The smallest absolute Gasteiger partial charge is 0.324 e. The molecule has 10 nitrogen and oxygen atoms in total. The molecule has 0 aliphatic rings. The summed E-state index contributed by atoms with van der Waals surface area (Å²) in [5.74, 6) is -0.171. The van der Waals surface area contributed by atoms with E-state index in [-0.39, 0.29) is 28.5 Å². The van der Waals surface area contributed by atoms with Crippen LogP contribution in [0.2, 0.25) is 0 Å². The van der Waals surface area contributed by atoms with Crippen molar-refractivity contribution in [3.05, 3.63) is 96.3 Å². The highest BCUT2D eigenvalue weighted by Gasteiger charge is 2.22. The zero-order valence-corrected chi connectivity index (χ0v) is 24.9. The van der Waals surface area contributed by atoms with E-state index in [0.717, 1.165) is 28.4 Å². The van der Waals surface area contributed by atoms with Crippen LogP contribution in [0.25, 0.3) is 16.6 Å². The Bertz CT molecular complexity index is 1760.